The normalized spacial score (nSPS) is 42.7. The Morgan fingerprint density at radius 3 is 2.64 bits per heavy atom. The summed E-state index contributed by atoms with van der Waals surface area (Å²) >= 11 is 0. The quantitative estimate of drug-likeness (QED) is 0.846. The van der Waals surface area contributed by atoms with Gasteiger partial charge in [0, 0.05) is 13.1 Å². The first-order valence-corrected chi connectivity index (χ1v) is 9.35. The number of β-amino-alcohol motifs (C(OH)–C–C–N with tert-alkyl or cyclic N) is 1. The van der Waals surface area contributed by atoms with Gasteiger partial charge < -0.3 is 14.7 Å². The number of fused-ring (bicyclic) bond motifs is 2. The summed E-state index contributed by atoms with van der Waals surface area (Å²) in [6.45, 7) is 13.1. The van der Waals surface area contributed by atoms with Crippen LogP contribution in [0.5, 0.6) is 0 Å². The fraction of sp³-hybridized carbons (Fsp3) is 1.00. The maximum Gasteiger partial charge on any atom is 0.0900 e. The third-order valence-electron chi connectivity index (χ3n) is 7.41. The molecule has 1 heterocycles. The van der Waals surface area contributed by atoms with E-state index in [1.54, 1.807) is 0 Å². The first-order valence-electron chi connectivity index (χ1n) is 9.35. The topological polar surface area (TPSA) is 32.7 Å². The van der Waals surface area contributed by atoms with E-state index >= 15 is 0 Å². The van der Waals surface area contributed by atoms with Crippen LogP contribution in [0.3, 0.4) is 0 Å². The van der Waals surface area contributed by atoms with Gasteiger partial charge in [-0.05, 0) is 61.3 Å². The van der Waals surface area contributed by atoms with Gasteiger partial charge in [-0.1, -0.05) is 27.7 Å². The van der Waals surface area contributed by atoms with Gasteiger partial charge in [0.1, 0.15) is 0 Å². The van der Waals surface area contributed by atoms with Gasteiger partial charge in [0.05, 0.1) is 18.8 Å². The van der Waals surface area contributed by atoms with Crippen molar-refractivity contribution in [1.82, 2.24) is 4.90 Å². The third-order valence-corrected chi connectivity index (χ3v) is 7.41. The second kappa shape index (κ2) is 6.07. The molecule has 2 saturated carbocycles. The Morgan fingerprint density at radius 1 is 1.27 bits per heavy atom. The molecule has 3 nitrogen and oxygen atoms in total. The molecule has 3 heteroatoms. The van der Waals surface area contributed by atoms with Crippen molar-refractivity contribution in [1.29, 1.82) is 0 Å². The summed E-state index contributed by atoms with van der Waals surface area (Å²) in [4.78, 5) is 2.41. The summed E-state index contributed by atoms with van der Waals surface area (Å²) < 4.78 is 6.23. The van der Waals surface area contributed by atoms with Gasteiger partial charge in [0.15, 0.2) is 0 Å². The molecule has 5 atom stereocenters. The zero-order chi connectivity index (χ0) is 16.0. The zero-order valence-electron chi connectivity index (χ0n) is 15.0. The van der Waals surface area contributed by atoms with Crippen LogP contribution in [0.2, 0.25) is 0 Å². The van der Waals surface area contributed by atoms with Crippen molar-refractivity contribution >= 4 is 0 Å². The van der Waals surface area contributed by atoms with Crippen molar-refractivity contribution in [3.05, 3.63) is 0 Å². The highest BCUT2D eigenvalue weighted by atomic mass is 16.5. The monoisotopic (exact) mass is 309 g/mol. The van der Waals surface area contributed by atoms with E-state index in [0.717, 1.165) is 31.5 Å². The SMILES string of the molecule is C[C@@H]1CCCN(C[C@H](O)CO[C@@H]2C[C@H]3CC[C@@]2(C)C3(C)C)C1. The molecule has 0 aromatic rings. The maximum atomic E-state index is 10.4. The van der Waals surface area contributed by atoms with Gasteiger partial charge in [-0.15, -0.1) is 0 Å². The summed E-state index contributed by atoms with van der Waals surface area (Å²) in [5.41, 5.74) is 0.696. The van der Waals surface area contributed by atoms with E-state index in [1.807, 2.05) is 0 Å². The van der Waals surface area contributed by atoms with Crippen LogP contribution in [0.4, 0.5) is 0 Å². The lowest BCUT2D eigenvalue weighted by molar-refractivity contribution is -0.0804. The van der Waals surface area contributed by atoms with Crippen LogP contribution in [-0.2, 0) is 4.74 Å². The van der Waals surface area contributed by atoms with Gasteiger partial charge in [0.25, 0.3) is 0 Å². The second-order valence-electron chi connectivity index (χ2n) is 9.09. The number of hydrogen-bond donors (Lipinski definition) is 1. The number of ether oxygens (including phenoxy) is 1. The standard InChI is InChI=1S/C19H35NO2/c1-14-6-5-9-20(11-14)12-16(21)13-22-17-10-15-7-8-19(17,4)18(15,2)3/h14-17,21H,5-13H2,1-4H3/t14-,15-,16+,17-,19-/m1/s1. The molecule has 22 heavy (non-hydrogen) atoms. The minimum Gasteiger partial charge on any atom is -0.389 e. The molecule has 0 aromatic carbocycles. The van der Waals surface area contributed by atoms with Crippen LogP contribution >= 0.6 is 0 Å². The molecular weight excluding hydrogens is 274 g/mol. The van der Waals surface area contributed by atoms with Crippen LogP contribution in [0, 0.1) is 22.7 Å². The van der Waals surface area contributed by atoms with Crippen molar-refractivity contribution in [3.8, 4) is 0 Å². The molecule has 3 fully saturated rings. The Bertz CT molecular complexity index is 397. The van der Waals surface area contributed by atoms with E-state index in [2.05, 4.69) is 32.6 Å². The lowest BCUT2D eigenvalue weighted by atomic mass is 9.70. The summed E-state index contributed by atoms with van der Waals surface area (Å²) in [6, 6.07) is 0. The summed E-state index contributed by atoms with van der Waals surface area (Å²) in [5, 5.41) is 10.4. The maximum absolute atomic E-state index is 10.4. The highest BCUT2D eigenvalue weighted by Gasteiger charge is 2.61. The molecule has 2 aliphatic carbocycles. The van der Waals surface area contributed by atoms with Crippen LogP contribution in [-0.4, -0.2) is 48.5 Å². The van der Waals surface area contributed by atoms with Gasteiger partial charge >= 0.3 is 0 Å². The van der Waals surface area contributed by atoms with Crippen molar-refractivity contribution in [3.63, 3.8) is 0 Å². The van der Waals surface area contributed by atoms with Crippen LogP contribution in [0.25, 0.3) is 0 Å². The lowest BCUT2D eigenvalue weighted by Crippen LogP contribution is -2.43. The summed E-state index contributed by atoms with van der Waals surface area (Å²) in [6.07, 6.45) is 6.45. The van der Waals surface area contributed by atoms with E-state index in [0.29, 0.717) is 23.5 Å². The van der Waals surface area contributed by atoms with E-state index in [-0.39, 0.29) is 6.10 Å². The summed E-state index contributed by atoms with van der Waals surface area (Å²) in [5.74, 6) is 1.58. The number of aliphatic hydroxyl groups is 1. The molecule has 0 radical (unpaired) electrons. The van der Waals surface area contributed by atoms with Crippen molar-refractivity contribution < 1.29 is 9.84 Å². The van der Waals surface area contributed by atoms with Crippen molar-refractivity contribution in [2.45, 2.75) is 72.0 Å². The Balaban J connectivity index is 1.47. The Labute approximate surface area is 136 Å². The van der Waals surface area contributed by atoms with Crippen molar-refractivity contribution in [2.24, 2.45) is 22.7 Å². The highest BCUT2D eigenvalue weighted by molar-refractivity contribution is 5.11. The predicted molar refractivity (Wildman–Crippen MR) is 89.8 cm³/mol. The van der Waals surface area contributed by atoms with E-state index in [9.17, 15) is 5.11 Å². The number of hydrogen-bond acceptors (Lipinski definition) is 3. The molecule has 3 aliphatic rings. The van der Waals surface area contributed by atoms with E-state index in [1.165, 1.54) is 32.1 Å². The Hall–Kier alpha value is -0.120. The average molecular weight is 309 g/mol. The number of nitrogens with zero attached hydrogens (tertiary/aromatic N) is 1. The minimum atomic E-state index is -0.337. The smallest absolute Gasteiger partial charge is 0.0900 e. The van der Waals surface area contributed by atoms with Crippen molar-refractivity contribution in [2.75, 3.05) is 26.2 Å². The molecule has 1 aliphatic heterocycles. The molecule has 0 amide bonds. The third kappa shape index (κ3) is 2.85. The fourth-order valence-corrected chi connectivity index (χ4v) is 5.41. The molecule has 0 spiro atoms. The number of likely N-dealkylation sites (tertiary alicyclic amines) is 1. The highest BCUT2D eigenvalue weighted by Crippen LogP contribution is 2.66. The summed E-state index contributed by atoms with van der Waals surface area (Å²) in [7, 11) is 0. The minimum absolute atomic E-state index is 0.303. The van der Waals surface area contributed by atoms with Gasteiger partial charge in [-0.3, -0.25) is 0 Å². The molecular formula is C19H35NO2. The fourth-order valence-electron chi connectivity index (χ4n) is 5.41. The van der Waals surface area contributed by atoms with E-state index in [4.69, 9.17) is 4.74 Å². The Morgan fingerprint density at radius 2 is 2.05 bits per heavy atom. The number of aliphatic hydroxyl groups excluding tert-OH is 1. The predicted octanol–water partition coefficient (Wildman–Crippen LogP) is 3.31. The first-order chi connectivity index (χ1) is 10.3. The molecule has 3 rings (SSSR count). The van der Waals surface area contributed by atoms with Gasteiger partial charge in [-0.25, -0.2) is 0 Å². The van der Waals surface area contributed by atoms with Crippen LogP contribution < -0.4 is 0 Å². The number of rotatable bonds is 5. The zero-order valence-corrected chi connectivity index (χ0v) is 15.0. The molecule has 0 unspecified atom stereocenters. The molecule has 128 valence electrons. The molecule has 1 saturated heterocycles. The average Bonchev–Trinajstić information content (AvgIpc) is 2.78. The largest absolute Gasteiger partial charge is 0.389 e. The van der Waals surface area contributed by atoms with Crippen LogP contribution in [0.15, 0.2) is 0 Å². The first kappa shape index (κ1) is 16.7. The second-order valence-corrected chi connectivity index (χ2v) is 9.09. The van der Waals surface area contributed by atoms with Crippen LogP contribution in [0.1, 0.15) is 59.8 Å². The molecule has 1 N–H and O–H groups in total. The Kier molecular flexibility index (Phi) is 4.61. The molecule has 2 bridgehead atoms. The number of piperidine rings is 1. The molecule has 0 aromatic heterocycles. The van der Waals surface area contributed by atoms with E-state index < -0.39 is 0 Å². The van der Waals surface area contributed by atoms with Gasteiger partial charge in [-0.2, -0.15) is 0 Å². The lowest BCUT2D eigenvalue weighted by Gasteiger charge is -2.39. The van der Waals surface area contributed by atoms with Gasteiger partial charge in [0.2, 0.25) is 0 Å².